The molecule has 3 aromatic heterocycles. The van der Waals surface area contributed by atoms with Gasteiger partial charge in [-0.05, 0) is 38.3 Å². The lowest BCUT2D eigenvalue weighted by Crippen LogP contribution is -2.50. The number of nitrogens with zero attached hydrogens (tertiary/aromatic N) is 7. The summed E-state index contributed by atoms with van der Waals surface area (Å²) in [5.74, 6) is 1.72. The largest absolute Gasteiger partial charge is 0.376 e. The van der Waals surface area contributed by atoms with Crippen LogP contribution in [0.3, 0.4) is 0 Å². The molecular formula is C26H36ClN9O2. The van der Waals surface area contributed by atoms with Gasteiger partial charge in [-0.2, -0.15) is 5.10 Å². The van der Waals surface area contributed by atoms with Gasteiger partial charge in [0.05, 0.1) is 30.3 Å². The number of halogens is 1. The van der Waals surface area contributed by atoms with Gasteiger partial charge in [-0.1, -0.05) is 6.92 Å². The monoisotopic (exact) mass is 541 g/mol. The highest BCUT2D eigenvalue weighted by Crippen LogP contribution is 2.42. The Kier molecular flexibility index (Phi) is 6.95. The molecule has 6 heterocycles. The summed E-state index contributed by atoms with van der Waals surface area (Å²) in [7, 11) is 3.48. The molecule has 3 aliphatic heterocycles. The summed E-state index contributed by atoms with van der Waals surface area (Å²) < 4.78 is 5.86. The van der Waals surface area contributed by atoms with Crippen molar-refractivity contribution in [2.24, 2.45) is 11.1 Å². The molecule has 2 fully saturated rings. The van der Waals surface area contributed by atoms with E-state index in [2.05, 4.69) is 33.8 Å². The number of anilines is 3. The Morgan fingerprint density at radius 3 is 2.63 bits per heavy atom. The zero-order chi connectivity index (χ0) is 25.9. The lowest BCUT2D eigenvalue weighted by atomic mass is 9.73. The molecule has 6 rings (SSSR count). The first kappa shape index (κ1) is 26.6. The Morgan fingerprint density at radius 2 is 1.95 bits per heavy atom. The third-order valence-electron chi connectivity index (χ3n) is 8.50. The number of piperidine rings is 1. The fourth-order valence-electron chi connectivity index (χ4n) is 5.98. The fourth-order valence-corrected chi connectivity index (χ4v) is 5.98. The van der Waals surface area contributed by atoms with Crippen LogP contribution in [0.25, 0.3) is 11.2 Å². The normalized spacial score (nSPS) is 24.4. The maximum atomic E-state index is 12.5. The quantitative estimate of drug-likeness (QED) is 0.514. The Hall–Kier alpha value is -3.02. The molecule has 3 aliphatic rings. The minimum atomic E-state index is -0.101. The number of carbonyl (C=O) groups is 1. The molecule has 1 amide bonds. The molecule has 3 aromatic rings. The van der Waals surface area contributed by atoms with Crippen molar-refractivity contribution in [3.05, 3.63) is 29.7 Å². The fraction of sp³-hybridized carbons (Fsp3) is 0.577. The number of carbonyl (C=O) groups excluding carboxylic acids is 1. The first-order valence-electron chi connectivity index (χ1n) is 13.1. The van der Waals surface area contributed by atoms with E-state index in [1.54, 1.807) is 25.1 Å². The molecule has 11 nitrogen and oxygen atoms in total. The van der Waals surface area contributed by atoms with Crippen molar-refractivity contribution in [2.45, 2.75) is 51.2 Å². The molecule has 38 heavy (non-hydrogen) atoms. The Balaban J connectivity index is 0.00000294. The van der Waals surface area contributed by atoms with E-state index in [9.17, 15) is 4.79 Å². The van der Waals surface area contributed by atoms with Crippen molar-refractivity contribution in [3.8, 4) is 0 Å². The number of fused-ring (bicyclic) bond motifs is 2. The van der Waals surface area contributed by atoms with Crippen LogP contribution in [-0.2, 0) is 4.74 Å². The lowest BCUT2D eigenvalue weighted by molar-refractivity contribution is 0.0821. The summed E-state index contributed by atoms with van der Waals surface area (Å²) in [4.78, 5) is 32.9. The SMILES string of the molecule is C[C@@H]1OCC2(CCN(c3cnc4c(N5CC[C@H](C)c6nc(C(=O)N(C)C)ccc65)n[nH]c4n3)CC2)[C@@H]1N.Cl. The van der Waals surface area contributed by atoms with E-state index < -0.39 is 0 Å². The average molecular weight is 542 g/mol. The predicted molar refractivity (Wildman–Crippen MR) is 148 cm³/mol. The maximum Gasteiger partial charge on any atom is 0.271 e. The van der Waals surface area contributed by atoms with E-state index >= 15 is 0 Å². The third-order valence-corrected chi connectivity index (χ3v) is 8.50. The molecule has 0 radical (unpaired) electrons. The van der Waals surface area contributed by atoms with Crippen molar-refractivity contribution in [3.63, 3.8) is 0 Å². The standard InChI is InChI=1S/C26H35N9O2.ClH/c1-15-7-10-35(18-6-5-17(29-20(15)18)25(36)33(3)4)24-21-23(31-32-24)30-19(13-28-21)34-11-8-26(9-12-34)14-37-16(2)22(26)27;/h5-6,13,15-16,22H,7-12,14,27H2,1-4H3,(H,30,31,32);1H/t15-,16-,22+;/m0./s1. The summed E-state index contributed by atoms with van der Waals surface area (Å²) in [6.45, 7) is 7.50. The summed E-state index contributed by atoms with van der Waals surface area (Å²) in [5.41, 5.74) is 10.3. The molecule has 0 bridgehead atoms. The number of hydrogen-bond donors (Lipinski definition) is 2. The van der Waals surface area contributed by atoms with Crippen molar-refractivity contribution in [2.75, 3.05) is 50.1 Å². The Labute approximate surface area is 228 Å². The molecule has 0 unspecified atom stereocenters. The van der Waals surface area contributed by atoms with Crippen LogP contribution < -0.4 is 15.5 Å². The molecule has 0 saturated carbocycles. The molecule has 12 heteroatoms. The van der Waals surface area contributed by atoms with E-state index in [-0.39, 0.29) is 41.8 Å². The van der Waals surface area contributed by atoms with Crippen LogP contribution in [0.2, 0.25) is 0 Å². The summed E-state index contributed by atoms with van der Waals surface area (Å²) in [6, 6.07) is 3.84. The molecule has 2 saturated heterocycles. The van der Waals surface area contributed by atoms with Crippen molar-refractivity contribution >= 4 is 46.8 Å². The van der Waals surface area contributed by atoms with Gasteiger partial charge >= 0.3 is 0 Å². The molecular weight excluding hydrogens is 506 g/mol. The van der Waals surface area contributed by atoms with Gasteiger partial charge in [0.2, 0.25) is 0 Å². The molecule has 0 aliphatic carbocycles. The average Bonchev–Trinajstić information content (AvgIpc) is 3.45. The van der Waals surface area contributed by atoms with E-state index in [0.717, 1.165) is 74.0 Å². The van der Waals surface area contributed by atoms with Gasteiger partial charge in [-0.3, -0.25) is 9.89 Å². The molecule has 204 valence electrons. The van der Waals surface area contributed by atoms with Crippen LogP contribution in [0.1, 0.15) is 55.2 Å². The Morgan fingerprint density at radius 1 is 1.18 bits per heavy atom. The van der Waals surface area contributed by atoms with Crippen molar-refractivity contribution < 1.29 is 9.53 Å². The van der Waals surface area contributed by atoms with Crippen LogP contribution in [0, 0.1) is 5.41 Å². The number of rotatable bonds is 3. The van der Waals surface area contributed by atoms with Crippen LogP contribution in [-0.4, -0.2) is 88.4 Å². The van der Waals surface area contributed by atoms with Gasteiger partial charge in [0, 0.05) is 51.1 Å². The number of ether oxygens (including phenoxy) is 1. The van der Waals surface area contributed by atoms with Gasteiger partial charge in [-0.15, -0.1) is 12.4 Å². The topological polar surface area (TPSA) is 129 Å². The first-order valence-corrected chi connectivity index (χ1v) is 13.1. The van der Waals surface area contributed by atoms with Gasteiger partial charge in [0.15, 0.2) is 17.0 Å². The molecule has 3 N–H and O–H groups in total. The number of hydrogen-bond acceptors (Lipinski definition) is 9. The summed E-state index contributed by atoms with van der Waals surface area (Å²) >= 11 is 0. The predicted octanol–water partition coefficient (Wildman–Crippen LogP) is 2.85. The maximum absolute atomic E-state index is 12.5. The van der Waals surface area contributed by atoms with Gasteiger partial charge in [-0.25, -0.2) is 15.0 Å². The van der Waals surface area contributed by atoms with Gasteiger partial charge in [0.25, 0.3) is 5.91 Å². The van der Waals surface area contributed by atoms with Crippen molar-refractivity contribution in [1.29, 1.82) is 0 Å². The number of pyridine rings is 1. The van der Waals surface area contributed by atoms with E-state index in [1.807, 2.05) is 12.3 Å². The zero-order valence-electron chi connectivity index (χ0n) is 22.3. The minimum Gasteiger partial charge on any atom is -0.376 e. The summed E-state index contributed by atoms with van der Waals surface area (Å²) in [6.07, 6.45) is 4.84. The van der Waals surface area contributed by atoms with Crippen molar-refractivity contribution in [1.82, 2.24) is 30.0 Å². The molecule has 1 spiro atoms. The zero-order valence-corrected chi connectivity index (χ0v) is 23.2. The highest BCUT2D eigenvalue weighted by Gasteiger charge is 2.47. The number of H-pyrrole nitrogens is 1. The smallest absolute Gasteiger partial charge is 0.271 e. The first-order chi connectivity index (χ1) is 17.8. The number of aromatic nitrogens is 5. The minimum absolute atomic E-state index is 0. The second-order valence-corrected chi connectivity index (χ2v) is 11.0. The second-order valence-electron chi connectivity index (χ2n) is 11.0. The van der Waals surface area contributed by atoms with Crippen LogP contribution in [0.5, 0.6) is 0 Å². The highest BCUT2D eigenvalue weighted by atomic mass is 35.5. The number of nitrogens with two attached hydrogens (primary N) is 1. The van der Waals surface area contributed by atoms with E-state index in [4.69, 9.17) is 25.4 Å². The van der Waals surface area contributed by atoms with E-state index in [0.29, 0.717) is 11.3 Å². The third kappa shape index (κ3) is 4.26. The van der Waals surface area contributed by atoms with E-state index in [1.165, 1.54) is 0 Å². The van der Waals surface area contributed by atoms with Crippen LogP contribution in [0.4, 0.5) is 17.3 Å². The number of nitrogens with one attached hydrogen (secondary N) is 1. The number of amides is 1. The highest BCUT2D eigenvalue weighted by molar-refractivity contribution is 5.93. The molecule has 3 atom stereocenters. The summed E-state index contributed by atoms with van der Waals surface area (Å²) in [5, 5.41) is 7.71. The van der Waals surface area contributed by atoms with Gasteiger partial charge in [0.1, 0.15) is 11.5 Å². The Bertz CT molecular complexity index is 1340. The van der Waals surface area contributed by atoms with Crippen LogP contribution >= 0.6 is 12.4 Å². The lowest BCUT2D eigenvalue weighted by Gasteiger charge is -2.41. The molecule has 0 aromatic carbocycles. The van der Waals surface area contributed by atoms with Crippen LogP contribution in [0.15, 0.2) is 18.3 Å². The second kappa shape index (κ2) is 9.94. The van der Waals surface area contributed by atoms with Gasteiger partial charge < -0.3 is 25.2 Å². The number of aromatic amines is 1.